The Labute approximate surface area is 159 Å². The van der Waals surface area contributed by atoms with Crippen molar-refractivity contribution in [3.8, 4) is 5.75 Å². The van der Waals surface area contributed by atoms with Crippen molar-refractivity contribution in [2.24, 2.45) is 5.92 Å². The van der Waals surface area contributed by atoms with Gasteiger partial charge in [-0.05, 0) is 76.4 Å². The van der Waals surface area contributed by atoms with Gasteiger partial charge >= 0.3 is 0 Å². The van der Waals surface area contributed by atoms with E-state index in [0.29, 0.717) is 11.2 Å². The molecule has 3 aromatic rings. The summed E-state index contributed by atoms with van der Waals surface area (Å²) >= 11 is 2.17. The highest BCUT2D eigenvalue weighted by Crippen LogP contribution is 2.54. The molecule has 0 N–H and O–H groups in total. The van der Waals surface area contributed by atoms with Crippen LogP contribution in [-0.4, -0.2) is 12.9 Å². The lowest BCUT2D eigenvalue weighted by Crippen LogP contribution is -2.29. The van der Waals surface area contributed by atoms with E-state index in [1.807, 2.05) is 0 Å². The summed E-state index contributed by atoms with van der Waals surface area (Å²) in [4.78, 5) is 0. The second-order valence-corrected chi connectivity index (χ2v) is 8.81. The molecule has 0 spiro atoms. The summed E-state index contributed by atoms with van der Waals surface area (Å²) in [6.45, 7) is 0. The van der Waals surface area contributed by atoms with Crippen LogP contribution in [0, 0.1) is 5.92 Å². The molecule has 3 aromatic carbocycles. The molecule has 5 rings (SSSR count). The van der Waals surface area contributed by atoms with Gasteiger partial charge in [0.05, 0.1) is 7.11 Å². The molecule has 1 aliphatic heterocycles. The number of methoxy groups -OCH3 is 1. The molecule has 0 saturated carbocycles. The number of aryl methyl sites for hydroxylation is 1. The standard InChI is InChI=1S/C24H24OS/c1-25-20-9-11-21-18(15-20)8-10-23-22(21)12-13-26-24(23)19-7-6-16-4-2-3-5-17(16)14-19/h2-7,9,11,14-15,22-24H,8,10,12-13H2,1H3/t22-,23-,24+/m0/s1. The van der Waals surface area contributed by atoms with E-state index in [1.165, 1.54) is 46.9 Å². The summed E-state index contributed by atoms with van der Waals surface area (Å²) < 4.78 is 5.44. The van der Waals surface area contributed by atoms with Crippen molar-refractivity contribution in [2.75, 3.05) is 12.9 Å². The van der Waals surface area contributed by atoms with E-state index in [1.54, 1.807) is 12.7 Å². The van der Waals surface area contributed by atoms with Gasteiger partial charge in [0.2, 0.25) is 0 Å². The van der Waals surface area contributed by atoms with Crippen molar-refractivity contribution in [3.05, 3.63) is 77.4 Å². The molecule has 0 aromatic heterocycles. The zero-order chi connectivity index (χ0) is 17.5. The molecule has 3 atom stereocenters. The zero-order valence-electron chi connectivity index (χ0n) is 15.2. The van der Waals surface area contributed by atoms with Crippen LogP contribution in [0.3, 0.4) is 0 Å². The highest BCUT2D eigenvalue weighted by molar-refractivity contribution is 7.99. The van der Waals surface area contributed by atoms with Crippen molar-refractivity contribution in [2.45, 2.75) is 30.4 Å². The minimum atomic E-state index is 0.619. The maximum Gasteiger partial charge on any atom is 0.119 e. The molecule has 1 fully saturated rings. The molecular weight excluding hydrogens is 336 g/mol. The van der Waals surface area contributed by atoms with E-state index < -0.39 is 0 Å². The average molecular weight is 361 g/mol. The third-order valence-electron chi connectivity index (χ3n) is 6.23. The largest absolute Gasteiger partial charge is 0.497 e. The number of benzene rings is 3. The molecule has 26 heavy (non-hydrogen) atoms. The van der Waals surface area contributed by atoms with Gasteiger partial charge in [0, 0.05) is 5.25 Å². The van der Waals surface area contributed by atoms with E-state index in [9.17, 15) is 0 Å². The van der Waals surface area contributed by atoms with Crippen LogP contribution >= 0.6 is 11.8 Å². The Morgan fingerprint density at radius 1 is 0.923 bits per heavy atom. The first kappa shape index (κ1) is 16.3. The predicted molar refractivity (Wildman–Crippen MR) is 111 cm³/mol. The minimum absolute atomic E-state index is 0.619. The van der Waals surface area contributed by atoms with Crippen LogP contribution in [0.15, 0.2) is 60.7 Å². The number of hydrogen-bond donors (Lipinski definition) is 0. The minimum Gasteiger partial charge on any atom is -0.497 e. The first-order valence-corrected chi connectivity index (χ1v) is 10.7. The normalized spacial score (nSPS) is 24.7. The lowest BCUT2D eigenvalue weighted by Gasteiger charge is -2.42. The molecule has 0 amide bonds. The Balaban J connectivity index is 1.51. The van der Waals surface area contributed by atoms with Crippen LogP contribution in [0.2, 0.25) is 0 Å². The van der Waals surface area contributed by atoms with Crippen molar-refractivity contribution < 1.29 is 4.74 Å². The molecule has 1 nitrogen and oxygen atoms in total. The van der Waals surface area contributed by atoms with Gasteiger partial charge in [0.15, 0.2) is 0 Å². The first-order chi connectivity index (χ1) is 12.8. The second-order valence-electron chi connectivity index (χ2n) is 7.56. The van der Waals surface area contributed by atoms with Gasteiger partial charge in [-0.1, -0.05) is 48.5 Å². The van der Waals surface area contributed by atoms with Gasteiger partial charge in [0.1, 0.15) is 5.75 Å². The highest BCUT2D eigenvalue weighted by Gasteiger charge is 2.38. The van der Waals surface area contributed by atoms with Gasteiger partial charge < -0.3 is 4.74 Å². The van der Waals surface area contributed by atoms with E-state index in [2.05, 4.69) is 72.4 Å². The lowest BCUT2D eigenvalue weighted by atomic mass is 9.71. The summed E-state index contributed by atoms with van der Waals surface area (Å²) in [5.74, 6) is 3.70. The van der Waals surface area contributed by atoms with Crippen molar-refractivity contribution in [1.82, 2.24) is 0 Å². The van der Waals surface area contributed by atoms with Crippen LogP contribution in [-0.2, 0) is 6.42 Å². The smallest absolute Gasteiger partial charge is 0.119 e. The fourth-order valence-corrected chi connectivity index (χ4v) is 6.50. The number of thioether (sulfide) groups is 1. The monoisotopic (exact) mass is 360 g/mol. The Bertz CT molecular complexity index is 948. The number of hydrogen-bond acceptors (Lipinski definition) is 2. The summed E-state index contributed by atoms with van der Waals surface area (Å²) in [5, 5.41) is 3.33. The Morgan fingerprint density at radius 3 is 2.69 bits per heavy atom. The molecule has 132 valence electrons. The molecule has 1 heterocycles. The summed E-state index contributed by atoms with van der Waals surface area (Å²) in [5.41, 5.74) is 4.60. The van der Waals surface area contributed by atoms with E-state index in [-0.39, 0.29) is 0 Å². The number of fused-ring (bicyclic) bond motifs is 4. The Hall–Kier alpha value is -1.93. The Morgan fingerprint density at radius 2 is 1.81 bits per heavy atom. The average Bonchev–Trinajstić information content (AvgIpc) is 2.72. The van der Waals surface area contributed by atoms with Gasteiger partial charge in [-0.15, -0.1) is 0 Å². The molecule has 2 aliphatic rings. The van der Waals surface area contributed by atoms with Gasteiger partial charge in [-0.3, -0.25) is 0 Å². The van der Waals surface area contributed by atoms with Crippen LogP contribution < -0.4 is 4.74 Å². The van der Waals surface area contributed by atoms with Crippen molar-refractivity contribution >= 4 is 22.5 Å². The van der Waals surface area contributed by atoms with Gasteiger partial charge in [-0.25, -0.2) is 0 Å². The SMILES string of the molecule is COc1ccc2c(c1)CC[C@@H]1[C@@H](c3ccc4ccccc4c3)SCC[C@@H]21. The topological polar surface area (TPSA) is 9.23 Å². The fraction of sp³-hybridized carbons (Fsp3) is 0.333. The molecule has 1 saturated heterocycles. The third-order valence-corrected chi connectivity index (χ3v) is 7.68. The molecular formula is C24H24OS. The van der Waals surface area contributed by atoms with E-state index in [0.717, 1.165) is 11.7 Å². The summed E-state index contributed by atoms with van der Waals surface area (Å²) in [7, 11) is 1.76. The molecule has 2 heteroatoms. The first-order valence-electron chi connectivity index (χ1n) is 9.60. The quantitative estimate of drug-likeness (QED) is 0.525. The lowest BCUT2D eigenvalue weighted by molar-refractivity contribution is 0.344. The van der Waals surface area contributed by atoms with Crippen molar-refractivity contribution in [3.63, 3.8) is 0 Å². The van der Waals surface area contributed by atoms with E-state index in [4.69, 9.17) is 4.74 Å². The number of rotatable bonds is 2. The maximum atomic E-state index is 5.44. The molecule has 0 unspecified atom stereocenters. The Kier molecular flexibility index (Phi) is 4.17. The molecule has 0 bridgehead atoms. The zero-order valence-corrected chi connectivity index (χ0v) is 16.0. The number of ether oxygens (including phenoxy) is 1. The van der Waals surface area contributed by atoms with E-state index >= 15 is 0 Å². The van der Waals surface area contributed by atoms with Crippen LogP contribution in [0.5, 0.6) is 5.75 Å². The van der Waals surface area contributed by atoms with Crippen LogP contribution in [0.4, 0.5) is 0 Å². The van der Waals surface area contributed by atoms with Crippen LogP contribution in [0.1, 0.15) is 40.7 Å². The highest BCUT2D eigenvalue weighted by atomic mass is 32.2. The molecule has 0 radical (unpaired) electrons. The predicted octanol–water partition coefficient (Wildman–Crippen LogP) is 6.37. The second kappa shape index (κ2) is 6.66. The third kappa shape index (κ3) is 2.72. The van der Waals surface area contributed by atoms with Crippen LogP contribution in [0.25, 0.3) is 10.8 Å². The fourth-order valence-electron chi connectivity index (χ4n) is 4.95. The van der Waals surface area contributed by atoms with Gasteiger partial charge in [-0.2, -0.15) is 11.8 Å². The summed E-state index contributed by atoms with van der Waals surface area (Å²) in [6.07, 6.45) is 3.77. The maximum absolute atomic E-state index is 5.44. The van der Waals surface area contributed by atoms with Crippen molar-refractivity contribution in [1.29, 1.82) is 0 Å². The van der Waals surface area contributed by atoms with Gasteiger partial charge in [0.25, 0.3) is 0 Å². The summed E-state index contributed by atoms with van der Waals surface area (Å²) in [6, 6.07) is 22.6. The molecule has 1 aliphatic carbocycles.